The third kappa shape index (κ3) is 3.06. The van der Waals surface area contributed by atoms with Gasteiger partial charge >= 0.3 is 7.12 Å². The van der Waals surface area contributed by atoms with E-state index in [9.17, 15) is 10.0 Å². The molecule has 0 aliphatic rings. The maximum absolute atomic E-state index is 9.94. The van der Waals surface area contributed by atoms with E-state index in [4.69, 9.17) is 4.42 Å². The maximum Gasteiger partial charge on any atom is 0.489 e. The van der Waals surface area contributed by atoms with Crippen molar-refractivity contribution in [1.29, 1.82) is 0 Å². The molecular weight excluding hydrogens is 451 g/mol. The van der Waals surface area contributed by atoms with Gasteiger partial charge in [0, 0.05) is 42.1 Å². The van der Waals surface area contributed by atoms with Crippen molar-refractivity contribution < 1.29 is 14.5 Å². The van der Waals surface area contributed by atoms with Crippen LogP contribution in [0.2, 0.25) is 0 Å². The fourth-order valence-corrected chi connectivity index (χ4v) is 6.54. The summed E-state index contributed by atoms with van der Waals surface area (Å²) in [6.07, 6.45) is 0. The lowest BCUT2D eigenvalue weighted by Crippen LogP contribution is -2.30. The van der Waals surface area contributed by atoms with E-state index in [2.05, 4.69) is 66.7 Å². The van der Waals surface area contributed by atoms with Crippen molar-refractivity contribution in [3.63, 3.8) is 0 Å². The number of thiophene rings is 1. The van der Waals surface area contributed by atoms with Gasteiger partial charge in [0.25, 0.3) is 0 Å². The number of benzene rings is 5. The van der Waals surface area contributed by atoms with Gasteiger partial charge in [-0.1, -0.05) is 97.1 Å². The Labute approximate surface area is 205 Å². The van der Waals surface area contributed by atoms with E-state index in [0.29, 0.717) is 11.0 Å². The highest BCUT2D eigenvalue weighted by Crippen LogP contribution is 2.45. The molecule has 0 saturated carbocycles. The smallest absolute Gasteiger partial charge is 0.455 e. The second-order valence-electron chi connectivity index (χ2n) is 8.71. The normalized spacial score (nSPS) is 11.7. The lowest BCUT2D eigenvalue weighted by atomic mass is 9.77. The van der Waals surface area contributed by atoms with Crippen molar-refractivity contribution in [2.75, 3.05) is 0 Å². The van der Waals surface area contributed by atoms with Crippen LogP contribution >= 0.6 is 11.3 Å². The zero-order chi connectivity index (χ0) is 23.5. The molecular formula is C30H19BO3S. The Morgan fingerprint density at radius 2 is 1.20 bits per heavy atom. The van der Waals surface area contributed by atoms with Gasteiger partial charge in [0.15, 0.2) is 0 Å². The van der Waals surface area contributed by atoms with E-state index in [1.165, 1.54) is 31.3 Å². The molecule has 5 aromatic carbocycles. The molecule has 0 aliphatic carbocycles. The van der Waals surface area contributed by atoms with E-state index in [1.807, 2.05) is 24.3 Å². The number of fused-ring (bicyclic) bond motifs is 6. The molecule has 3 nitrogen and oxygen atoms in total. The van der Waals surface area contributed by atoms with E-state index in [1.54, 1.807) is 23.5 Å². The zero-order valence-corrected chi connectivity index (χ0v) is 19.4. The van der Waals surface area contributed by atoms with Gasteiger partial charge in [-0.3, -0.25) is 0 Å². The van der Waals surface area contributed by atoms with Gasteiger partial charge in [-0.15, -0.1) is 11.3 Å². The Kier molecular flexibility index (Phi) is 4.58. The minimum atomic E-state index is -1.56. The molecule has 2 N–H and O–H groups in total. The lowest BCUT2D eigenvalue weighted by molar-refractivity contribution is 0.426. The van der Waals surface area contributed by atoms with Crippen LogP contribution in [0.15, 0.2) is 108 Å². The monoisotopic (exact) mass is 470 g/mol. The number of hydrogen-bond donors (Lipinski definition) is 2. The van der Waals surface area contributed by atoms with Gasteiger partial charge in [-0.05, 0) is 22.7 Å². The molecule has 0 spiro atoms. The molecule has 2 aromatic heterocycles. The predicted octanol–water partition coefficient (Wildman–Crippen LogP) is 6.97. The summed E-state index contributed by atoms with van der Waals surface area (Å²) in [5, 5.41) is 24.0. The summed E-state index contributed by atoms with van der Waals surface area (Å²) in [7, 11) is -1.56. The SMILES string of the molecule is OB(O)c1cccc2oc3c(-c4cccc5c4sc4c(-c6ccccc6)cccc45)cccc3c12. The van der Waals surface area contributed by atoms with Gasteiger partial charge in [0.05, 0.1) is 0 Å². The predicted molar refractivity (Wildman–Crippen MR) is 147 cm³/mol. The van der Waals surface area contributed by atoms with Crippen LogP contribution in [-0.4, -0.2) is 17.2 Å². The summed E-state index contributed by atoms with van der Waals surface area (Å²) in [4.78, 5) is 0. The van der Waals surface area contributed by atoms with E-state index in [-0.39, 0.29) is 0 Å². The van der Waals surface area contributed by atoms with Crippen molar-refractivity contribution in [3.05, 3.63) is 103 Å². The summed E-state index contributed by atoms with van der Waals surface area (Å²) >= 11 is 1.81. The van der Waals surface area contributed by atoms with Crippen LogP contribution in [0.25, 0.3) is 64.4 Å². The highest BCUT2D eigenvalue weighted by molar-refractivity contribution is 7.26. The molecule has 0 radical (unpaired) electrons. The fourth-order valence-electron chi connectivity index (χ4n) is 5.18. The van der Waals surface area contributed by atoms with Crippen molar-refractivity contribution in [2.24, 2.45) is 0 Å². The Bertz CT molecular complexity index is 1880. The first-order valence-electron chi connectivity index (χ1n) is 11.5. The number of rotatable bonds is 3. The second-order valence-corrected chi connectivity index (χ2v) is 9.73. The highest BCUT2D eigenvalue weighted by Gasteiger charge is 2.22. The first-order chi connectivity index (χ1) is 17.2. The maximum atomic E-state index is 9.94. The topological polar surface area (TPSA) is 53.6 Å². The standard InChI is InChI=1S/C30H19BO3S/c32-31(33)25-16-7-17-26-27(25)24-15-5-11-20(28(24)34-26)21-12-6-14-23-22-13-4-10-19(29(22)35-30(21)23)18-8-2-1-3-9-18/h1-17,32-33H. The molecule has 2 heterocycles. The molecule has 0 aliphatic heterocycles. The van der Waals surface area contributed by atoms with Crippen LogP contribution in [0, 0.1) is 0 Å². The number of hydrogen-bond acceptors (Lipinski definition) is 4. The summed E-state index contributed by atoms with van der Waals surface area (Å²) in [5.74, 6) is 0. The summed E-state index contributed by atoms with van der Waals surface area (Å²) in [6.45, 7) is 0. The Morgan fingerprint density at radius 3 is 1.94 bits per heavy atom. The highest BCUT2D eigenvalue weighted by atomic mass is 32.1. The van der Waals surface area contributed by atoms with E-state index < -0.39 is 7.12 Å². The summed E-state index contributed by atoms with van der Waals surface area (Å²) in [5.41, 5.74) is 6.40. The van der Waals surface area contributed by atoms with Crippen LogP contribution in [0.3, 0.4) is 0 Å². The van der Waals surface area contributed by atoms with Gasteiger partial charge in [-0.25, -0.2) is 0 Å². The molecule has 0 amide bonds. The number of para-hydroxylation sites is 1. The quantitative estimate of drug-likeness (QED) is 0.274. The minimum absolute atomic E-state index is 0.450. The molecule has 35 heavy (non-hydrogen) atoms. The van der Waals surface area contributed by atoms with Crippen molar-refractivity contribution >= 4 is 66.0 Å². The molecule has 0 fully saturated rings. The lowest BCUT2D eigenvalue weighted by Gasteiger charge is -2.05. The van der Waals surface area contributed by atoms with Crippen LogP contribution < -0.4 is 5.46 Å². The first-order valence-corrected chi connectivity index (χ1v) is 12.3. The number of furan rings is 1. The molecule has 0 bridgehead atoms. The van der Waals surface area contributed by atoms with Gasteiger partial charge in [0.2, 0.25) is 0 Å². The Hall–Kier alpha value is -3.90. The second kappa shape index (κ2) is 7.82. The van der Waals surface area contributed by atoms with E-state index in [0.717, 1.165) is 27.5 Å². The third-order valence-corrected chi connectivity index (χ3v) is 8.02. The van der Waals surface area contributed by atoms with Crippen LogP contribution in [0.5, 0.6) is 0 Å². The van der Waals surface area contributed by atoms with Gasteiger partial charge < -0.3 is 14.5 Å². The van der Waals surface area contributed by atoms with Crippen molar-refractivity contribution in [3.8, 4) is 22.3 Å². The molecule has 5 heteroatoms. The Balaban J connectivity index is 1.54. The third-order valence-electron chi connectivity index (χ3n) is 6.73. The molecule has 0 atom stereocenters. The zero-order valence-electron chi connectivity index (χ0n) is 18.6. The van der Waals surface area contributed by atoms with Crippen molar-refractivity contribution in [1.82, 2.24) is 0 Å². The van der Waals surface area contributed by atoms with Crippen LogP contribution in [0.1, 0.15) is 0 Å². The van der Waals surface area contributed by atoms with Gasteiger partial charge in [-0.2, -0.15) is 0 Å². The largest absolute Gasteiger partial charge is 0.489 e. The minimum Gasteiger partial charge on any atom is -0.455 e. The summed E-state index contributed by atoms with van der Waals surface area (Å²) in [6, 6.07) is 34.9. The molecule has 0 unspecified atom stereocenters. The van der Waals surface area contributed by atoms with Gasteiger partial charge in [0.1, 0.15) is 11.2 Å². The van der Waals surface area contributed by atoms with Crippen LogP contribution in [-0.2, 0) is 0 Å². The Morgan fingerprint density at radius 1 is 0.571 bits per heavy atom. The molecule has 7 rings (SSSR count). The first kappa shape index (κ1) is 20.5. The fraction of sp³-hybridized carbons (Fsp3) is 0. The summed E-state index contributed by atoms with van der Waals surface area (Å²) < 4.78 is 8.80. The average molecular weight is 470 g/mol. The van der Waals surface area contributed by atoms with Crippen LogP contribution in [0.4, 0.5) is 0 Å². The van der Waals surface area contributed by atoms with E-state index >= 15 is 0 Å². The molecule has 7 aromatic rings. The molecule has 166 valence electrons. The average Bonchev–Trinajstić information content (AvgIpc) is 3.47. The van der Waals surface area contributed by atoms with Crippen molar-refractivity contribution in [2.45, 2.75) is 0 Å². The molecule has 0 saturated heterocycles.